The fraction of sp³-hybridized carbons (Fsp3) is 0.300. The summed E-state index contributed by atoms with van der Waals surface area (Å²) in [6.07, 6.45) is -0.107. The van der Waals surface area contributed by atoms with Crippen molar-refractivity contribution >= 4 is 5.91 Å². The molecule has 15 heavy (non-hydrogen) atoms. The van der Waals surface area contributed by atoms with Crippen molar-refractivity contribution in [1.82, 2.24) is 0 Å². The second-order valence-electron chi connectivity index (χ2n) is 3.24. The first kappa shape index (κ1) is 11.6. The predicted octanol–water partition coefficient (Wildman–Crippen LogP) is 0.567. The zero-order valence-corrected chi connectivity index (χ0v) is 8.04. The van der Waals surface area contributed by atoms with Gasteiger partial charge >= 0.3 is 0 Å². The minimum atomic E-state index is -0.739. The van der Waals surface area contributed by atoms with E-state index in [2.05, 4.69) is 0 Å². The molecule has 0 saturated heterocycles. The number of benzene rings is 1. The summed E-state index contributed by atoms with van der Waals surface area (Å²) in [6.45, 7) is -0.0247. The molecule has 1 atom stereocenters. The summed E-state index contributed by atoms with van der Waals surface area (Å²) in [5.74, 6) is -2.76. The van der Waals surface area contributed by atoms with Gasteiger partial charge in [-0.1, -0.05) is 6.07 Å². The van der Waals surface area contributed by atoms with E-state index >= 15 is 0 Å². The highest BCUT2D eigenvalue weighted by atomic mass is 19.1. The van der Waals surface area contributed by atoms with Gasteiger partial charge < -0.3 is 11.5 Å². The zero-order valence-electron chi connectivity index (χ0n) is 8.04. The van der Waals surface area contributed by atoms with Gasteiger partial charge in [-0.05, 0) is 18.6 Å². The molecule has 0 aliphatic rings. The van der Waals surface area contributed by atoms with Gasteiger partial charge in [0, 0.05) is 12.1 Å². The third kappa shape index (κ3) is 2.73. The maximum absolute atomic E-state index is 13.2. The second kappa shape index (κ2) is 4.84. The highest BCUT2D eigenvalue weighted by Crippen LogP contribution is 2.16. The monoisotopic (exact) mass is 214 g/mol. The van der Waals surface area contributed by atoms with Crippen LogP contribution in [0.3, 0.4) is 0 Å². The van der Waals surface area contributed by atoms with Crippen molar-refractivity contribution in [2.75, 3.05) is 6.54 Å². The maximum atomic E-state index is 13.2. The Morgan fingerprint density at radius 2 is 1.87 bits per heavy atom. The minimum absolute atomic E-state index is 0.0247. The van der Waals surface area contributed by atoms with Gasteiger partial charge in [-0.25, -0.2) is 8.78 Å². The van der Waals surface area contributed by atoms with Gasteiger partial charge in [-0.15, -0.1) is 0 Å². The van der Waals surface area contributed by atoms with E-state index in [0.717, 1.165) is 12.1 Å². The highest BCUT2D eigenvalue weighted by molar-refractivity contribution is 5.77. The lowest BCUT2D eigenvalue weighted by Crippen LogP contribution is -2.32. The number of hydrogen-bond donors (Lipinski definition) is 2. The van der Waals surface area contributed by atoms with Crippen LogP contribution >= 0.6 is 0 Å². The van der Waals surface area contributed by atoms with Crippen molar-refractivity contribution in [3.8, 4) is 0 Å². The molecule has 5 heteroatoms. The van der Waals surface area contributed by atoms with Crippen LogP contribution in [-0.4, -0.2) is 12.5 Å². The van der Waals surface area contributed by atoms with Crippen molar-refractivity contribution in [2.24, 2.45) is 17.4 Å². The summed E-state index contributed by atoms with van der Waals surface area (Å²) in [4.78, 5) is 10.9. The molecule has 1 amide bonds. The van der Waals surface area contributed by atoms with Crippen LogP contribution in [0.5, 0.6) is 0 Å². The van der Waals surface area contributed by atoms with Gasteiger partial charge in [-0.3, -0.25) is 4.79 Å². The quantitative estimate of drug-likeness (QED) is 0.769. The zero-order chi connectivity index (χ0) is 11.4. The van der Waals surface area contributed by atoms with E-state index in [4.69, 9.17) is 11.5 Å². The number of carbonyl (C=O) groups excluding carboxylic acids is 1. The van der Waals surface area contributed by atoms with E-state index in [9.17, 15) is 13.6 Å². The van der Waals surface area contributed by atoms with E-state index in [1.165, 1.54) is 6.07 Å². The molecular formula is C10H12F2N2O. The van der Waals surface area contributed by atoms with Gasteiger partial charge in [0.25, 0.3) is 0 Å². The lowest BCUT2D eigenvalue weighted by molar-refractivity contribution is -0.121. The van der Waals surface area contributed by atoms with E-state index in [-0.39, 0.29) is 18.5 Å². The number of halogens is 2. The van der Waals surface area contributed by atoms with Crippen molar-refractivity contribution in [1.29, 1.82) is 0 Å². The Morgan fingerprint density at radius 1 is 1.33 bits per heavy atom. The van der Waals surface area contributed by atoms with Gasteiger partial charge in [0.1, 0.15) is 11.6 Å². The van der Waals surface area contributed by atoms with Crippen LogP contribution in [0.15, 0.2) is 18.2 Å². The second-order valence-corrected chi connectivity index (χ2v) is 3.24. The maximum Gasteiger partial charge on any atom is 0.222 e. The molecule has 1 aromatic rings. The Morgan fingerprint density at radius 3 is 2.27 bits per heavy atom. The van der Waals surface area contributed by atoms with Crippen molar-refractivity contribution < 1.29 is 13.6 Å². The van der Waals surface area contributed by atoms with Crippen LogP contribution in [0.4, 0.5) is 8.78 Å². The number of nitrogens with two attached hydrogens (primary N) is 2. The molecule has 4 N–H and O–H groups in total. The first-order valence-electron chi connectivity index (χ1n) is 4.48. The number of amides is 1. The largest absolute Gasteiger partial charge is 0.369 e. The molecule has 1 aromatic carbocycles. The number of hydrogen-bond acceptors (Lipinski definition) is 2. The number of carbonyl (C=O) groups is 1. The standard InChI is InChI=1S/C10H12F2N2O/c11-8-2-1-3-9(12)7(8)4-6(5-13)10(14)15/h1-3,6H,4-5,13H2,(H2,14,15). The van der Waals surface area contributed by atoms with Crippen molar-refractivity contribution in [3.05, 3.63) is 35.4 Å². The van der Waals surface area contributed by atoms with Gasteiger partial charge in [0.15, 0.2) is 0 Å². The van der Waals surface area contributed by atoms with Crippen molar-refractivity contribution in [3.63, 3.8) is 0 Å². The predicted molar refractivity (Wildman–Crippen MR) is 51.8 cm³/mol. The molecule has 0 bridgehead atoms. The van der Waals surface area contributed by atoms with E-state index in [1.54, 1.807) is 0 Å². The summed E-state index contributed by atoms with van der Waals surface area (Å²) in [7, 11) is 0. The Balaban J connectivity index is 2.92. The molecule has 0 heterocycles. The molecule has 0 radical (unpaired) electrons. The summed E-state index contributed by atoms with van der Waals surface area (Å²) < 4.78 is 26.4. The summed E-state index contributed by atoms with van der Waals surface area (Å²) >= 11 is 0. The Hall–Kier alpha value is -1.49. The molecule has 82 valence electrons. The summed E-state index contributed by atoms with van der Waals surface area (Å²) in [6, 6.07) is 3.52. The topological polar surface area (TPSA) is 69.1 Å². The van der Waals surface area contributed by atoms with Gasteiger partial charge in [-0.2, -0.15) is 0 Å². The Labute approximate surface area is 86.1 Å². The first-order chi connectivity index (χ1) is 7.06. The van der Waals surface area contributed by atoms with Crippen LogP contribution in [0.1, 0.15) is 5.56 Å². The van der Waals surface area contributed by atoms with Crippen LogP contribution in [0, 0.1) is 17.6 Å². The summed E-state index contributed by atoms with van der Waals surface area (Å²) in [5, 5.41) is 0. The molecule has 1 unspecified atom stereocenters. The van der Waals surface area contributed by atoms with E-state index in [0.29, 0.717) is 0 Å². The number of rotatable bonds is 4. The first-order valence-corrected chi connectivity index (χ1v) is 4.48. The minimum Gasteiger partial charge on any atom is -0.369 e. The normalized spacial score (nSPS) is 12.5. The molecule has 0 saturated carbocycles. The van der Waals surface area contributed by atoms with Gasteiger partial charge in [0.2, 0.25) is 5.91 Å². The average Bonchev–Trinajstić information content (AvgIpc) is 2.17. The Kier molecular flexibility index (Phi) is 3.74. The number of primary amides is 1. The smallest absolute Gasteiger partial charge is 0.222 e. The van der Waals surface area contributed by atoms with Gasteiger partial charge in [0.05, 0.1) is 5.92 Å². The third-order valence-corrected chi connectivity index (χ3v) is 2.20. The lowest BCUT2D eigenvalue weighted by atomic mass is 9.98. The van der Waals surface area contributed by atoms with Crippen LogP contribution < -0.4 is 11.5 Å². The van der Waals surface area contributed by atoms with Crippen LogP contribution in [-0.2, 0) is 11.2 Å². The van der Waals surface area contributed by atoms with Crippen LogP contribution in [0.25, 0.3) is 0 Å². The van der Waals surface area contributed by atoms with E-state index < -0.39 is 23.5 Å². The average molecular weight is 214 g/mol. The van der Waals surface area contributed by atoms with E-state index in [1.807, 2.05) is 0 Å². The third-order valence-electron chi connectivity index (χ3n) is 2.20. The molecule has 0 aromatic heterocycles. The molecule has 0 aliphatic heterocycles. The molecule has 0 fully saturated rings. The van der Waals surface area contributed by atoms with Crippen LogP contribution in [0.2, 0.25) is 0 Å². The lowest BCUT2D eigenvalue weighted by Gasteiger charge is -2.11. The fourth-order valence-corrected chi connectivity index (χ4v) is 1.27. The highest BCUT2D eigenvalue weighted by Gasteiger charge is 2.18. The molecular weight excluding hydrogens is 202 g/mol. The molecule has 0 aliphatic carbocycles. The molecule has 3 nitrogen and oxygen atoms in total. The molecule has 1 rings (SSSR count). The van der Waals surface area contributed by atoms with Crippen molar-refractivity contribution in [2.45, 2.75) is 6.42 Å². The fourth-order valence-electron chi connectivity index (χ4n) is 1.27. The molecule has 0 spiro atoms. The summed E-state index contributed by atoms with van der Waals surface area (Å²) in [5.41, 5.74) is 10.2. The SMILES string of the molecule is NCC(Cc1c(F)cccc1F)C(N)=O. The Bertz CT molecular complexity index is 348.